The van der Waals surface area contributed by atoms with Gasteiger partial charge >= 0.3 is 0 Å². The molecule has 0 radical (unpaired) electrons. The van der Waals surface area contributed by atoms with Crippen LogP contribution in [0.5, 0.6) is 0 Å². The van der Waals surface area contributed by atoms with Crippen LogP contribution in [0, 0.1) is 0 Å². The van der Waals surface area contributed by atoms with Crippen molar-refractivity contribution < 1.29 is 4.74 Å². The molecule has 4 nitrogen and oxygen atoms in total. The highest BCUT2D eigenvalue weighted by atomic mass is 32.1. The van der Waals surface area contributed by atoms with E-state index >= 15 is 0 Å². The van der Waals surface area contributed by atoms with Crippen LogP contribution in [0.15, 0.2) is 0 Å². The summed E-state index contributed by atoms with van der Waals surface area (Å²) in [6.07, 6.45) is 1.36. The van der Waals surface area contributed by atoms with Crippen molar-refractivity contribution in [1.82, 2.24) is 15.2 Å². The van der Waals surface area contributed by atoms with Gasteiger partial charge in [0.2, 0.25) is 0 Å². The van der Waals surface area contributed by atoms with Gasteiger partial charge < -0.3 is 10.1 Å². The Morgan fingerprint density at radius 3 is 2.90 bits per heavy atom. The second-order valence-electron chi connectivity index (χ2n) is 5.96. The van der Waals surface area contributed by atoms with Gasteiger partial charge in [-0.3, -0.25) is 4.90 Å². The minimum absolute atomic E-state index is 0.156. The van der Waals surface area contributed by atoms with Gasteiger partial charge in [-0.05, 0) is 25.4 Å². The Bertz CT molecular complexity index is 431. The molecule has 1 aromatic rings. The summed E-state index contributed by atoms with van der Waals surface area (Å²) in [5.74, 6) is 0.471. The average Bonchev–Trinajstić information content (AvgIpc) is 2.90. The lowest BCUT2D eigenvalue weighted by Gasteiger charge is -2.31. The quantitative estimate of drug-likeness (QED) is 0.839. The maximum atomic E-state index is 5.98. The zero-order chi connectivity index (χ0) is 15.2. The van der Waals surface area contributed by atoms with Crippen LogP contribution in [0.1, 0.15) is 61.7 Å². The van der Waals surface area contributed by atoms with Crippen molar-refractivity contribution in [2.75, 3.05) is 32.8 Å². The Morgan fingerprint density at radius 1 is 1.43 bits per heavy atom. The molecule has 0 aliphatic carbocycles. The van der Waals surface area contributed by atoms with E-state index in [4.69, 9.17) is 9.72 Å². The molecule has 0 bridgehead atoms. The molecule has 2 rings (SSSR count). The molecule has 1 atom stereocenters. The molecule has 0 saturated carbocycles. The van der Waals surface area contributed by atoms with Crippen LogP contribution in [0.2, 0.25) is 0 Å². The van der Waals surface area contributed by atoms with E-state index in [1.54, 1.807) is 0 Å². The van der Waals surface area contributed by atoms with E-state index in [2.05, 4.69) is 37.9 Å². The number of thiazole rings is 1. The van der Waals surface area contributed by atoms with Crippen LogP contribution >= 0.6 is 11.3 Å². The van der Waals surface area contributed by atoms with Crippen LogP contribution in [-0.2, 0) is 11.3 Å². The molecule has 21 heavy (non-hydrogen) atoms. The Hall–Kier alpha value is -0.490. The topological polar surface area (TPSA) is 37.4 Å². The van der Waals surface area contributed by atoms with Gasteiger partial charge in [0, 0.05) is 24.5 Å². The highest BCUT2D eigenvalue weighted by molar-refractivity contribution is 7.11. The number of nitrogens with zero attached hydrogens (tertiary/aromatic N) is 2. The standard InChI is InChI=1S/C16H29N3OS/c1-5-7-19-8-9-20-13(11-19)16-18-15(12(3)4)14(21-16)10-17-6-2/h12-13,17H,5-11H2,1-4H3. The zero-order valence-corrected chi connectivity index (χ0v) is 14.6. The Labute approximate surface area is 132 Å². The van der Waals surface area contributed by atoms with E-state index < -0.39 is 0 Å². The van der Waals surface area contributed by atoms with E-state index in [1.165, 1.54) is 17.0 Å². The molecule has 0 aromatic carbocycles. The molecule has 1 aliphatic heterocycles. The van der Waals surface area contributed by atoms with Crippen molar-refractivity contribution in [3.05, 3.63) is 15.6 Å². The van der Waals surface area contributed by atoms with Crippen molar-refractivity contribution in [1.29, 1.82) is 0 Å². The number of nitrogens with one attached hydrogen (secondary N) is 1. The number of morpholine rings is 1. The third kappa shape index (κ3) is 4.49. The fourth-order valence-electron chi connectivity index (χ4n) is 2.71. The molecular weight excluding hydrogens is 282 g/mol. The summed E-state index contributed by atoms with van der Waals surface area (Å²) in [7, 11) is 0. The van der Waals surface area contributed by atoms with Gasteiger partial charge in [0.15, 0.2) is 0 Å². The fraction of sp³-hybridized carbons (Fsp3) is 0.812. The molecular formula is C16H29N3OS. The van der Waals surface area contributed by atoms with Crippen molar-refractivity contribution in [3.8, 4) is 0 Å². The third-order valence-electron chi connectivity index (χ3n) is 3.79. The summed E-state index contributed by atoms with van der Waals surface area (Å²) >= 11 is 1.83. The van der Waals surface area contributed by atoms with Crippen molar-refractivity contribution >= 4 is 11.3 Å². The molecule has 1 saturated heterocycles. The van der Waals surface area contributed by atoms with E-state index in [0.717, 1.165) is 44.3 Å². The lowest BCUT2D eigenvalue weighted by atomic mass is 10.1. The van der Waals surface area contributed by atoms with Crippen molar-refractivity contribution in [2.45, 2.75) is 52.7 Å². The van der Waals surface area contributed by atoms with Crippen LogP contribution in [0.4, 0.5) is 0 Å². The molecule has 1 unspecified atom stereocenters. The highest BCUT2D eigenvalue weighted by Gasteiger charge is 2.26. The number of hydrogen-bond donors (Lipinski definition) is 1. The van der Waals surface area contributed by atoms with Gasteiger partial charge in [0.25, 0.3) is 0 Å². The first kappa shape index (κ1) is 16.9. The van der Waals surface area contributed by atoms with Gasteiger partial charge in [0.05, 0.1) is 12.3 Å². The van der Waals surface area contributed by atoms with Crippen molar-refractivity contribution in [2.24, 2.45) is 0 Å². The number of aromatic nitrogens is 1. The molecule has 120 valence electrons. The Morgan fingerprint density at radius 2 is 2.24 bits per heavy atom. The van der Waals surface area contributed by atoms with Crippen molar-refractivity contribution in [3.63, 3.8) is 0 Å². The van der Waals surface area contributed by atoms with E-state index in [9.17, 15) is 0 Å². The summed E-state index contributed by atoms with van der Waals surface area (Å²) in [5.41, 5.74) is 1.24. The van der Waals surface area contributed by atoms with Crippen LogP contribution in [0.3, 0.4) is 0 Å². The Balaban J connectivity index is 2.11. The fourth-order valence-corrected chi connectivity index (χ4v) is 3.94. The molecule has 5 heteroatoms. The second-order valence-corrected chi connectivity index (χ2v) is 7.07. The smallest absolute Gasteiger partial charge is 0.123 e. The molecule has 1 aliphatic rings. The van der Waals surface area contributed by atoms with Gasteiger partial charge in [-0.25, -0.2) is 4.98 Å². The van der Waals surface area contributed by atoms with Crippen LogP contribution in [-0.4, -0.2) is 42.7 Å². The van der Waals surface area contributed by atoms with E-state index in [1.807, 2.05) is 11.3 Å². The molecule has 1 N–H and O–H groups in total. The van der Waals surface area contributed by atoms with Gasteiger partial charge in [-0.2, -0.15) is 0 Å². The highest BCUT2D eigenvalue weighted by Crippen LogP contribution is 2.31. The summed E-state index contributed by atoms with van der Waals surface area (Å²) in [5, 5.41) is 4.58. The first-order valence-electron chi connectivity index (χ1n) is 8.19. The molecule has 1 fully saturated rings. The van der Waals surface area contributed by atoms with Gasteiger partial charge in [-0.1, -0.05) is 27.7 Å². The normalized spacial score (nSPS) is 20.3. The Kier molecular flexibility index (Phi) is 6.61. The van der Waals surface area contributed by atoms with Crippen LogP contribution in [0.25, 0.3) is 0 Å². The predicted octanol–water partition coefficient (Wildman–Crippen LogP) is 3.16. The monoisotopic (exact) mass is 311 g/mol. The maximum Gasteiger partial charge on any atom is 0.123 e. The SMILES string of the molecule is CCCN1CCOC(c2nc(C(C)C)c(CNCC)s2)C1. The lowest BCUT2D eigenvalue weighted by molar-refractivity contribution is -0.0300. The number of rotatable bonds is 7. The first-order chi connectivity index (χ1) is 10.2. The number of hydrogen-bond acceptors (Lipinski definition) is 5. The summed E-state index contributed by atoms with van der Waals surface area (Å²) in [6, 6.07) is 0. The maximum absolute atomic E-state index is 5.98. The van der Waals surface area contributed by atoms with Gasteiger partial charge in [-0.15, -0.1) is 11.3 Å². The van der Waals surface area contributed by atoms with Crippen LogP contribution < -0.4 is 5.32 Å². The lowest BCUT2D eigenvalue weighted by Crippen LogP contribution is -2.38. The first-order valence-corrected chi connectivity index (χ1v) is 9.01. The summed E-state index contributed by atoms with van der Waals surface area (Å²) in [4.78, 5) is 8.78. The van der Waals surface area contributed by atoms with E-state index in [0.29, 0.717) is 5.92 Å². The average molecular weight is 311 g/mol. The summed E-state index contributed by atoms with van der Waals surface area (Å²) < 4.78 is 5.98. The third-order valence-corrected chi connectivity index (χ3v) is 4.96. The minimum Gasteiger partial charge on any atom is -0.368 e. The molecule has 0 spiro atoms. The molecule has 2 heterocycles. The molecule has 0 amide bonds. The molecule has 1 aromatic heterocycles. The minimum atomic E-state index is 0.156. The largest absolute Gasteiger partial charge is 0.368 e. The summed E-state index contributed by atoms with van der Waals surface area (Å²) in [6.45, 7) is 14.8. The zero-order valence-electron chi connectivity index (χ0n) is 13.8. The predicted molar refractivity (Wildman–Crippen MR) is 89.0 cm³/mol. The second kappa shape index (κ2) is 8.22. The number of ether oxygens (including phenoxy) is 1. The van der Waals surface area contributed by atoms with Gasteiger partial charge in [0.1, 0.15) is 11.1 Å². The van der Waals surface area contributed by atoms with E-state index in [-0.39, 0.29) is 6.10 Å².